The van der Waals surface area contributed by atoms with E-state index in [0.717, 1.165) is 0 Å². The van der Waals surface area contributed by atoms with Gasteiger partial charge in [0.1, 0.15) is 5.75 Å². The Balaban J connectivity index is 2.39. The van der Waals surface area contributed by atoms with E-state index in [1.54, 1.807) is 12.1 Å². The van der Waals surface area contributed by atoms with Gasteiger partial charge >= 0.3 is 0 Å². The van der Waals surface area contributed by atoms with Crippen molar-refractivity contribution in [2.75, 3.05) is 17.6 Å². The molecule has 0 atom stereocenters. The minimum Gasteiger partial charge on any atom is -0.497 e. The van der Waals surface area contributed by atoms with E-state index in [-0.39, 0.29) is 26.3 Å². The molecule has 3 N–H and O–H groups in total. The fourth-order valence-electron chi connectivity index (χ4n) is 1.60. The topological polar surface area (TPSA) is 81.4 Å². The number of sulfonamides is 1. The molecule has 2 aromatic carbocycles. The molecule has 0 radical (unpaired) electrons. The fourth-order valence-corrected chi connectivity index (χ4v) is 3.07. The first kappa shape index (κ1) is 15.8. The van der Waals surface area contributed by atoms with Crippen molar-refractivity contribution in [3.8, 4) is 5.75 Å². The van der Waals surface area contributed by atoms with E-state index in [1.807, 2.05) is 0 Å². The van der Waals surface area contributed by atoms with Crippen LogP contribution in [0.1, 0.15) is 0 Å². The molecule has 112 valence electrons. The molecule has 0 heterocycles. The molecule has 0 saturated carbocycles. The zero-order valence-corrected chi connectivity index (χ0v) is 13.3. The van der Waals surface area contributed by atoms with E-state index in [0.29, 0.717) is 5.75 Å². The van der Waals surface area contributed by atoms with Crippen LogP contribution in [-0.2, 0) is 10.0 Å². The van der Waals surface area contributed by atoms with Crippen molar-refractivity contribution < 1.29 is 13.2 Å². The molecule has 0 spiro atoms. The van der Waals surface area contributed by atoms with Gasteiger partial charge in [-0.05, 0) is 30.3 Å². The van der Waals surface area contributed by atoms with Gasteiger partial charge in [0.15, 0.2) is 0 Å². The average molecular weight is 347 g/mol. The first-order valence-corrected chi connectivity index (χ1v) is 7.99. The molecule has 0 aliphatic rings. The largest absolute Gasteiger partial charge is 0.497 e. The normalized spacial score (nSPS) is 11.2. The van der Waals surface area contributed by atoms with Crippen LogP contribution in [0.2, 0.25) is 10.0 Å². The Morgan fingerprint density at radius 1 is 1.10 bits per heavy atom. The summed E-state index contributed by atoms with van der Waals surface area (Å²) in [6.07, 6.45) is 0. The molecule has 0 aliphatic carbocycles. The van der Waals surface area contributed by atoms with Gasteiger partial charge in [0.05, 0.1) is 33.4 Å². The molecule has 0 amide bonds. The van der Waals surface area contributed by atoms with E-state index in [1.165, 1.54) is 31.4 Å². The van der Waals surface area contributed by atoms with Crippen LogP contribution in [0, 0.1) is 0 Å². The second kappa shape index (κ2) is 6.01. The van der Waals surface area contributed by atoms with Crippen LogP contribution in [0.15, 0.2) is 41.3 Å². The van der Waals surface area contributed by atoms with Gasteiger partial charge in [0, 0.05) is 6.07 Å². The van der Waals surface area contributed by atoms with Gasteiger partial charge in [-0.3, -0.25) is 4.72 Å². The second-order valence-corrected chi connectivity index (χ2v) is 6.63. The number of hydrogen-bond acceptors (Lipinski definition) is 4. The van der Waals surface area contributed by atoms with Crippen molar-refractivity contribution in [3.05, 3.63) is 46.4 Å². The molecule has 2 rings (SSSR count). The van der Waals surface area contributed by atoms with Crippen LogP contribution < -0.4 is 15.2 Å². The number of nitrogens with one attached hydrogen (secondary N) is 1. The Hall–Kier alpha value is -1.63. The van der Waals surface area contributed by atoms with Crippen LogP contribution in [0.4, 0.5) is 11.4 Å². The predicted octanol–water partition coefficient (Wildman–Crippen LogP) is 3.39. The lowest BCUT2D eigenvalue weighted by Gasteiger charge is -2.12. The summed E-state index contributed by atoms with van der Waals surface area (Å²) >= 11 is 11.6. The van der Waals surface area contributed by atoms with Crippen LogP contribution >= 0.6 is 23.2 Å². The Labute approximate surface area is 132 Å². The van der Waals surface area contributed by atoms with Crippen molar-refractivity contribution in [2.45, 2.75) is 4.90 Å². The Bertz CT molecular complexity index is 779. The molecule has 0 unspecified atom stereocenters. The summed E-state index contributed by atoms with van der Waals surface area (Å²) in [5.41, 5.74) is 6.25. The van der Waals surface area contributed by atoms with E-state index < -0.39 is 10.0 Å². The van der Waals surface area contributed by atoms with Gasteiger partial charge in [-0.1, -0.05) is 23.2 Å². The Kier molecular flexibility index (Phi) is 4.51. The first-order chi connectivity index (χ1) is 9.83. The third-order valence-corrected chi connectivity index (χ3v) is 4.81. The molecule has 0 fully saturated rings. The molecule has 0 aliphatic heterocycles. The van der Waals surface area contributed by atoms with Crippen LogP contribution in [0.3, 0.4) is 0 Å². The lowest BCUT2D eigenvalue weighted by molar-refractivity contribution is 0.415. The number of rotatable bonds is 4. The molecule has 0 bridgehead atoms. The predicted molar refractivity (Wildman–Crippen MR) is 84.7 cm³/mol. The highest BCUT2D eigenvalue weighted by molar-refractivity contribution is 7.92. The monoisotopic (exact) mass is 346 g/mol. The number of methoxy groups -OCH3 is 1. The number of benzene rings is 2. The molecular weight excluding hydrogens is 335 g/mol. The van der Waals surface area contributed by atoms with Gasteiger partial charge < -0.3 is 10.5 Å². The first-order valence-electron chi connectivity index (χ1n) is 5.75. The summed E-state index contributed by atoms with van der Waals surface area (Å²) in [5.74, 6) is 0.482. The molecule has 5 nitrogen and oxygen atoms in total. The molecular formula is C13H12Cl2N2O3S. The maximum atomic E-state index is 12.3. The van der Waals surface area contributed by atoms with E-state index in [4.69, 9.17) is 33.7 Å². The maximum Gasteiger partial charge on any atom is 0.262 e. The minimum atomic E-state index is -3.83. The quantitative estimate of drug-likeness (QED) is 0.831. The van der Waals surface area contributed by atoms with Crippen molar-refractivity contribution >= 4 is 44.6 Å². The number of nitrogens with two attached hydrogens (primary N) is 1. The molecule has 21 heavy (non-hydrogen) atoms. The molecule has 0 saturated heterocycles. The van der Waals surface area contributed by atoms with E-state index >= 15 is 0 Å². The molecule has 2 aromatic rings. The second-order valence-electron chi connectivity index (χ2n) is 4.13. The minimum absolute atomic E-state index is 0.0147. The van der Waals surface area contributed by atoms with Crippen LogP contribution in [0.5, 0.6) is 5.75 Å². The van der Waals surface area contributed by atoms with Gasteiger partial charge in [-0.25, -0.2) is 8.42 Å². The zero-order chi connectivity index (χ0) is 15.6. The molecule has 0 aromatic heterocycles. The van der Waals surface area contributed by atoms with Crippen LogP contribution in [0.25, 0.3) is 0 Å². The number of halogens is 2. The van der Waals surface area contributed by atoms with Gasteiger partial charge in [-0.2, -0.15) is 0 Å². The summed E-state index contributed by atoms with van der Waals surface area (Å²) in [6, 6.07) is 8.70. The Morgan fingerprint density at radius 3 is 2.43 bits per heavy atom. The highest BCUT2D eigenvalue weighted by Crippen LogP contribution is 2.29. The zero-order valence-electron chi connectivity index (χ0n) is 10.9. The van der Waals surface area contributed by atoms with Crippen molar-refractivity contribution in [2.24, 2.45) is 0 Å². The maximum absolute atomic E-state index is 12.3. The van der Waals surface area contributed by atoms with Gasteiger partial charge in [0.25, 0.3) is 10.0 Å². The van der Waals surface area contributed by atoms with E-state index in [9.17, 15) is 8.42 Å². The summed E-state index contributed by atoms with van der Waals surface area (Å²) in [5, 5.41) is 0.426. The summed E-state index contributed by atoms with van der Waals surface area (Å²) in [4.78, 5) is -0.0147. The lowest BCUT2D eigenvalue weighted by atomic mass is 10.2. The van der Waals surface area contributed by atoms with Crippen molar-refractivity contribution in [3.63, 3.8) is 0 Å². The number of nitrogen functional groups attached to an aromatic ring is 1. The number of ether oxygens (including phenoxy) is 1. The molecule has 8 heteroatoms. The standard InChI is InChI=1S/C13H12Cl2N2O3S/c1-20-8-2-5-12(16)13(6-8)17-21(18,19)9-3-4-10(14)11(15)7-9/h2-7,17H,16H2,1H3. The third kappa shape index (κ3) is 3.53. The third-order valence-electron chi connectivity index (χ3n) is 2.71. The van der Waals surface area contributed by atoms with Gasteiger partial charge in [0.2, 0.25) is 0 Å². The highest BCUT2D eigenvalue weighted by atomic mass is 35.5. The smallest absolute Gasteiger partial charge is 0.262 e. The van der Waals surface area contributed by atoms with Gasteiger partial charge in [-0.15, -0.1) is 0 Å². The van der Waals surface area contributed by atoms with Crippen molar-refractivity contribution in [1.82, 2.24) is 0 Å². The van der Waals surface area contributed by atoms with Crippen LogP contribution in [-0.4, -0.2) is 15.5 Å². The van der Waals surface area contributed by atoms with E-state index in [2.05, 4.69) is 4.72 Å². The lowest BCUT2D eigenvalue weighted by Crippen LogP contribution is -2.14. The number of hydrogen-bond donors (Lipinski definition) is 2. The SMILES string of the molecule is COc1ccc(N)c(NS(=O)(=O)c2ccc(Cl)c(Cl)c2)c1. The van der Waals surface area contributed by atoms with Crippen molar-refractivity contribution in [1.29, 1.82) is 0 Å². The Morgan fingerprint density at radius 2 is 1.81 bits per heavy atom. The summed E-state index contributed by atoms with van der Waals surface area (Å²) in [7, 11) is -2.35. The fraction of sp³-hybridized carbons (Fsp3) is 0.0769. The summed E-state index contributed by atoms with van der Waals surface area (Å²) < 4.78 is 32.0. The average Bonchev–Trinajstić information content (AvgIpc) is 2.44. The number of anilines is 2. The highest BCUT2D eigenvalue weighted by Gasteiger charge is 2.17. The summed E-state index contributed by atoms with van der Waals surface area (Å²) in [6.45, 7) is 0.